The summed E-state index contributed by atoms with van der Waals surface area (Å²) in [5.41, 5.74) is 6.33. The predicted octanol–water partition coefficient (Wildman–Crippen LogP) is 3.36. The first-order valence-corrected chi connectivity index (χ1v) is 8.26. The molecule has 5 nitrogen and oxygen atoms in total. The van der Waals surface area contributed by atoms with E-state index in [9.17, 15) is 8.42 Å². The van der Waals surface area contributed by atoms with Gasteiger partial charge in [-0.1, -0.05) is 11.6 Å². The summed E-state index contributed by atoms with van der Waals surface area (Å²) in [5, 5.41) is 9.23. The number of rotatable bonds is 3. The minimum Gasteiger partial charge on any atom is -0.398 e. The van der Waals surface area contributed by atoms with Crippen LogP contribution in [0, 0.1) is 11.3 Å². The van der Waals surface area contributed by atoms with Gasteiger partial charge in [0.15, 0.2) is 0 Å². The lowest BCUT2D eigenvalue weighted by Gasteiger charge is -2.11. The SMILES string of the molecule is N#Cc1ccc(S(=O)(=O)Nc2ccc(Cl)c(Br)c2)c(N)c1. The average molecular weight is 387 g/mol. The van der Waals surface area contributed by atoms with E-state index in [1.165, 1.54) is 24.3 Å². The zero-order valence-corrected chi connectivity index (χ0v) is 13.6. The minimum absolute atomic E-state index is 0.00887. The molecular weight excluding hydrogens is 378 g/mol. The predicted molar refractivity (Wildman–Crippen MR) is 85.5 cm³/mol. The van der Waals surface area contributed by atoms with E-state index in [-0.39, 0.29) is 10.6 Å². The zero-order chi connectivity index (χ0) is 15.6. The van der Waals surface area contributed by atoms with E-state index in [0.717, 1.165) is 0 Å². The molecule has 21 heavy (non-hydrogen) atoms. The van der Waals surface area contributed by atoms with E-state index in [1.807, 2.05) is 6.07 Å². The largest absolute Gasteiger partial charge is 0.398 e. The Balaban J connectivity index is 2.38. The summed E-state index contributed by atoms with van der Waals surface area (Å²) in [7, 11) is -3.85. The molecule has 108 valence electrons. The molecule has 2 rings (SSSR count). The molecule has 0 aromatic heterocycles. The van der Waals surface area contributed by atoms with Crippen LogP contribution in [0.4, 0.5) is 11.4 Å². The highest BCUT2D eigenvalue weighted by Crippen LogP contribution is 2.28. The van der Waals surface area contributed by atoms with Crippen LogP contribution in [-0.4, -0.2) is 8.42 Å². The molecule has 8 heteroatoms. The van der Waals surface area contributed by atoms with Gasteiger partial charge < -0.3 is 5.73 Å². The molecule has 0 aliphatic rings. The van der Waals surface area contributed by atoms with Crippen LogP contribution in [0.3, 0.4) is 0 Å². The molecule has 0 radical (unpaired) electrons. The first kappa shape index (κ1) is 15.6. The number of nitrogens with zero attached hydrogens (tertiary/aromatic N) is 1. The van der Waals surface area contributed by atoms with Crippen LogP contribution < -0.4 is 10.5 Å². The number of nitrogen functional groups attached to an aromatic ring is 1. The van der Waals surface area contributed by atoms with Crippen LogP contribution in [0.2, 0.25) is 5.02 Å². The van der Waals surface area contributed by atoms with Crippen molar-refractivity contribution in [3.63, 3.8) is 0 Å². The number of sulfonamides is 1. The van der Waals surface area contributed by atoms with E-state index in [2.05, 4.69) is 20.7 Å². The van der Waals surface area contributed by atoms with E-state index in [1.54, 1.807) is 12.1 Å². The number of hydrogen-bond acceptors (Lipinski definition) is 4. The summed E-state index contributed by atoms with van der Waals surface area (Å²) < 4.78 is 27.6. The molecule has 0 aliphatic heterocycles. The van der Waals surface area contributed by atoms with Crippen molar-refractivity contribution in [1.29, 1.82) is 5.26 Å². The Bertz CT molecular complexity index is 847. The molecule has 0 amide bonds. The maximum Gasteiger partial charge on any atom is 0.263 e. The molecule has 0 heterocycles. The number of nitrogens with one attached hydrogen (secondary N) is 1. The Kier molecular flexibility index (Phi) is 4.42. The van der Waals surface area contributed by atoms with Crippen LogP contribution in [0.1, 0.15) is 5.56 Å². The second-order valence-corrected chi connectivity index (χ2v) is 7.01. The molecule has 0 unspecified atom stereocenters. The topological polar surface area (TPSA) is 96.0 Å². The molecule has 0 spiro atoms. The highest BCUT2D eigenvalue weighted by atomic mass is 79.9. The van der Waals surface area contributed by atoms with Crippen molar-refractivity contribution in [1.82, 2.24) is 0 Å². The number of benzene rings is 2. The Hall–Kier alpha value is -1.75. The van der Waals surface area contributed by atoms with Gasteiger partial charge >= 0.3 is 0 Å². The number of hydrogen-bond donors (Lipinski definition) is 2. The molecule has 0 bridgehead atoms. The number of anilines is 2. The van der Waals surface area contributed by atoms with Crippen molar-refractivity contribution in [2.24, 2.45) is 0 Å². The van der Waals surface area contributed by atoms with Crippen molar-refractivity contribution in [2.45, 2.75) is 4.90 Å². The van der Waals surface area contributed by atoms with Crippen molar-refractivity contribution in [2.75, 3.05) is 10.5 Å². The van der Waals surface area contributed by atoms with Gasteiger partial charge in [0.1, 0.15) is 4.90 Å². The molecule has 0 saturated heterocycles. The molecule has 0 fully saturated rings. The van der Waals surface area contributed by atoms with Gasteiger partial charge in [0, 0.05) is 4.47 Å². The van der Waals surface area contributed by atoms with Crippen molar-refractivity contribution in [3.8, 4) is 6.07 Å². The highest BCUT2D eigenvalue weighted by molar-refractivity contribution is 9.10. The smallest absolute Gasteiger partial charge is 0.263 e. The van der Waals surface area contributed by atoms with E-state index < -0.39 is 10.0 Å². The average Bonchev–Trinajstić information content (AvgIpc) is 2.42. The van der Waals surface area contributed by atoms with Gasteiger partial charge in [-0.25, -0.2) is 8.42 Å². The van der Waals surface area contributed by atoms with Crippen LogP contribution in [-0.2, 0) is 10.0 Å². The number of halogens is 2. The highest BCUT2D eigenvalue weighted by Gasteiger charge is 2.18. The maximum atomic E-state index is 12.3. The van der Waals surface area contributed by atoms with Crippen molar-refractivity contribution < 1.29 is 8.42 Å². The van der Waals surface area contributed by atoms with Gasteiger partial charge in [-0.15, -0.1) is 0 Å². The molecular formula is C13H9BrClN3O2S. The third-order valence-corrected chi connectivity index (χ3v) is 5.27. The molecule has 3 N–H and O–H groups in total. The fourth-order valence-corrected chi connectivity index (χ4v) is 3.29. The summed E-state index contributed by atoms with van der Waals surface area (Å²) in [6.07, 6.45) is 0. The monoisotopic (exact) mass is 385 g/mol. The fourth-order valence-electron chi connectivity index (χ4n) is 1.63. The number of nitrogens with two attached hydrogens (primary N) is 1. The van der Waals surface area contributed by atoms with E-state index >= 15 is 0 Å². The Morgan fingerprint density at radius 1 is 1.24 bits per heavy atom. The number of nitriles is 1. The summed E-state index contributed by atoms with van der Waals surface area (Å²) in [6, 6.07) is 10.5. The Morgan fingerprint density at radius 3 is 2.52 bits per heavy atom. The van der Waals surface area contributed by atoms with Crippen molar-refractivity contribution >= 4 is 48.9 Å². The minimum atomic E-state index is -3.85. The first-order valence-electron chi connectivity index (χ1n) is 5.61. The van der Waals surface area contributed by atoms with Crippen LogP contribution in [0.5, 0.6) is 0 Å². The standard InChI is InChI=1S/C13H9BrClN3O2S/c14-10-6-9(2-3-11(10)15)18-21(19,20)13-4-1-8(7-16)5-12(13)17/h1-6,18H,17H2. The lowest BCUT2D eigenvalue weighted by molar-refractivity contribution is 0.601. The molecule has 0 aliphatic carbocycles. The summed E-state index contributed by atoms with van der Waals surface area (Å²) >= 11 is 9.07. The van der Waals surface area contributed by atoms with Crippen LogP contribution >= 0.6 is 27.5 Å². The van der Waals surface area contributed by atoms with E-state index in [0.29, 0.717) is 20.7 Å². The second-order valence-electron chi connectivity index (χ2n) is 4.10. The van der Waals surface area contributed by atoms with Gasteiger partial charge in [-0.3, -0.25) is 4.72 Å². The van der Waals surface area contributed by atoms with Gasteiger partial charge in [0.2, 0.25) is 0 Å². The summed E-state index contributed by atoms with van der Waals surface area (Å²) in [4.78, 5) is -0.0902. The third kappa shape index (κ3) is 3.47. The normalized spacial score (nSPS) is 10.9. The van der Waals surface area contributed by atoms with E-state index in [4.69, 9.17) is 22.6 Å². The zero-order valence-electron chi connectivity index (χ0n) is 10.5. The maximum absolute atomic E-state index is 12.3. The van der Waals surface area contributed by atoms with Gasteiger partial charge in [0.25, 0.3) is 10.0 Å². The third-order valence-electron chi connectivity index (χ3n) is 2.60. The summed E-state index contributed by atoms with van der Waals surface area (Å²) in [5.74, 6) is 0. The van der Waals surface area contributed by atoms with Gasteiger partial charge in [0.05, 0.1) is 28.0 Å². The fraction of sp³-hybridized carbons (Fsp3) is 0. The lowest BCUT2D eigenvalue weighted by atomic mass is 10.2. The quantitative estimate of drug-likeness (QED) is 0.791. The Morgan fingerprint density at radius 2 is 1.95 bits per heavy atom. The molecule has 2 aromatic rings. The first-order chi connectivity index (χ1) is 9.83. The van der Waals surface area contributed by atoms with Gasteiger partial charge in [-0.05, 0) is 52.3 Å². The second kappa shape index (κ2) is 5.93. The molecule has 0 saturated carbocycles. The Labute approximate surface area is 135 Å². The van der Waals surface area contributed by atoms with Crippen LogP contribution in [0.25, 0.3) is 0 Å². The van der Waals surface area contributed by atoms with Gasteiger partial charge in [-0.2, -0.15) is 5.26 Å². The van der Waals surface area contributed by atoms with Crippen molar-refractivity contribution in [3.05, 3.63) is 51.5 Å². The molecule has 0 atom stereocenters. The summed E-state index contributed by atoms with van der Waals surface area (Å²) in [6.45, 7) is 0. The molecule has 2 aromatic carbocycles. The van der Waals surface area contributed by atoms with Crippen LogP contribution in [0.15, 0.2) is 45.8 Å². The lowest BCUT2D eigenvalue weighted by Crippen LogP contribution is -2.14.